The number of phenols is 1. The molecule has 1 aliphatic rings. The number of amidine groups is 1. The van der Waals surface area contributed by atoms with E-state index in [9.17, 15) is 9.90 Å². The van der Waals surface area contributed by atoms with Gasteiger partial charge in [-0.2, -0.15) is 0 Å². The molecule has 2 aromatic rings. The molecule has 0 aromatic heterocycles. The van der Waals surface area contributed by atoms with Crippen LogP contribution >= 0.6 is 11.8 Å². The lowest BCUT2D eigenvalue weighted by Gasteiger charge is -2.03. The van der Waals surface area contributed by atoms with E-state index in [-0.39, 0.29) is 11.7 Å². The van der Waals surface area contributed by atoms with Crippen molar-refractivity contribution in [3.05, 3.63) is 71.7 Å². The van der Waals surface area contributed by atoms with Crippen molar-refractivity contribution in [2.75, 3.05) is 6.61 Å². The van der Waals surface area contributed by atoms with Crippen molar-refractivity contribution in [2.45, 2.75) is 0 Å². The Balaban J connectivity index is 1.72. The van der Waals surface area contributed by atoms with Crippen molar-refractivity contribution in [2.24, 2.45) is 4.99 Å². The standard InChI is InChI=1S/C19H16N2O3S/c1-2-11-24-16-9-3-13(4-10-16)12-17-18(23)21-19(25-17)20-14-5-7-15(22)8-6-14/h2-10,12,22H,1,11H2,(H,20,21,23)/b17-12+. The highest BCUT2D eigenvalue weighted by Gasteiger charge is 2.23. The molecule has 0 spiro atoms. The number of hydrogen-bond acceptors (Lipinski definition) is 5. The molecule has 0 saturated carbocycles. The van der Waals surface area contributed by atoms with Crippen LogP contribution in [0.1, 0.15) is 5.56 Å². The lowest BCUT2D eigenvalue weighted by molar-refractivity contribution is -0.115. The molecule has 3 rings (SSSR count). The molecule has 0 bridgehead atoms. The van der Waals surface area contributed by atoms with Gasteiger partial charge in [-0.1, -0.05) is 24.8 Å². The molecule has 0 unspecified atom stereocenters. The van der Waals surface area contributed by atoms with Crippen LogP contribution in [0.5, 0.6) is 11.5 Å². The molecule has 1 fully saturated rings. The fourth-order valence-corrected chi connectivity index (χ4v) is 2.93. The van der Waals surface area contributed by atoms with Gasteiger partial charge in [-0.25, -0.2) is 4.99 Å². The summed E-state index contributed by atoms with van der Waals surface area (Å²) in [5, 5.41) is 12.5. The van der Waals surface area contributed by atoms with Crippen molar-refractivity contribution in [1.29, 1.82) is 0 Å². The maximum absolute atomic E-state index is 12.1. The van der Waals surface area contributed by atoms with Crippen molar-refractivity contribution in [3.63, 3.8) is 0 Å². The Hall–Kier alpha value is -2.99. The number of thioether (sulfide) groups is 1. The molecule has 126 valence electrons. The van der Waals surface area contributed by atoms with E-state index >= 15 is 0 Å². The number of hydrogen-bond donors (Lipinski definition) is 2. The Morgan fingerprint density at radius 3 is 2.56 bits per heavy atom. The summed E-state index contributed by atoms with van der Waals surface area (Å²) >= 11 is 1.27. The van der Waals surface area contributed by atoms with Crippen LogP contribution in [0, 0.1) is 0 Å². The Kier molecular flexibility index (Phi) is 5.20. The minimum atomic E-state index is -0.186. The van der Waals surface area contributed by atoms with Gasteiger partial charge in [0, 0.05) is 0 Å². The van der Waals surface area contributed by atoms with Gasteiger partial charge in [-0.05, 0) is 59.8 Å². The van der Waals surface area contributed by atoms with Gasteiger partial charge >= 0.3 is 0 Å². The van der Waals surface area contributed by atoms with Gasteiger partial charge in [-0.15, -0.1) is 0 Å². The number of ether oxygens (including phenoxy) is 1. The molecule has 1 saturated heterocycles. The normalized spacial score (nSPS) is 16.9. The van der Waals surface area contributed by atoms with E-state index in [4.69, 9.17) is 4.74 Å². The Labute approximate surface area is 149 Å². The number of nitrogens with one attached hydrogen (secondary N) is 1. The fraction of sp³-hybridized carbons (Fsp3) is 0.0526. The summed E-state index contributed by atoms with van der Waals surface area (Å²) < 4.78 is 5.43. The van der Waals surface area contributed by atoms with E-state index in [1.165, 1.54) is 11.8 Å². The first-order valence-electron chi connectivity index (χ1n) is 7.56. The molecular formula is C19H16N2O3S. The average molecular weight is 352 g/mol. The second kappa shape index (κ2) is 7.72. The van der Waals surface area contributed by atoms with Crippen LogP contribution < -0.4 is 10.1 Å². The van der Waals surface area contributed by atoms with Gasteiger partial charge in [0.05, 0.1) is 10.6 Å². The number of amides is 1. The summed E-state index contributed by atoms with van der Waals surface area (Å²) in [6.07, 6.45) is 3.49. The van der Waals surface area contributed by atoms with Crippen LogP contribution in [0.15, 0.2) is 71.1 Å². The van der Waals surface area contributed by atoms with E-state index in [1.54, 1.807) is 36.4 Å². The SMILES string of the molecule is C=CCOc1ccc(/C=C2/SC(=Nc3ccc(O)cc3)NC2=O)cc1. The molecular weight excluding hydrogens is 336 g/mol. The molecule has 25 heavy (non-hydrogen) atoms. The molecule has 0 radical (unpaired) electrons. The maximum Gasteiger partial charge on any atom is 0.264 e. The summed E-state index contributed by atoms with van der Waals surface area (Å²) in [7, 11) is 0. The molecule has 2 aromatic carbocycles. The minimum absolute atomic E-state index is 0.174. The van der Waals surface area contributed by atoms with Gasteiger partial charge in [-0.3, -0.25) is 4.79 Å². The largest absolute Gasteiger partial charge is 0.508 e. The summed E-state index contributed by atoms with van der Waals surface area (Å²) in [5.74, 6) is 0.739. The van der Waals surface area contributed by atoms with Crippen LogP contribution in [0.4, 0.5) is 5.69 Å². The molecule has 1 aliphatic heterocycles. The van der Waals surface area contributed by atoms with Gasteiger partial charge in [0.15, 0.2) is 5.17 Å². The maximum atomic E-state index is 12.1. The van der Waals surface area contributed by atoms with Crippen molar-refractivity contribution in [1.82, 2.24) is 5.32 Å². The minimum Gasteiger partial charge on any atom is -0.508 e. The second-order valence-corrected chi connectivity index (χ2v) is 6.20. The molecule has 1 heterocycles. The first-order valence-corrected chi connectivity index (χ1v) is 8.38. The predicted molar refractivity (Wildman–Crippen MR) is 101 cm³/mol. The van der Waals surface area contributed by atoms with E-state index in [2.05, 4.69) is 16.9 Å². The van der Waals surface area contributed by atoms with E-state index in [0.717, 1.165) is 11.3 Å². The third kappa shape index (κ3) is 4.51. The summed E-state index contributed by atoms with van der Waals surface area (Å²) in [6, 6.07) is 13.9. The average Bonchev–Trinajstić information content (AvgIpc) is 2.95. The Morgan fingerprint density at radius 1 is 1.16 bits per heavy atom. The van der Waals surface area contributed by atoms with Gasteiger partial charge in [0.25, 0.3) is 5.91 Å². The third-order valence-corrected chi connectivity index (χ3v) is 4.19. The molecule has 0 aliphatic carbocycles. The molecule has 1 amide bonds. The molecule has 2 N–H and O–H groups in total. The summed E-state index contributed by atoms with van der Waals surface area (Å²) in [6.45, 7) is 4.06. The van der Waals surface area contributed by atoms with Gasteiger partial charge in [0.1, 0.15) is 18.1 Å². The number of nitrogens with zero attached hydrogens (tertiary/aromatic N) is 1. The van der Waals surface area contributed by atoms with Crippen molar-refractivity contribution >= 4 is 34.6 Å². The number of carbonyl (C=O) groups excluding carboxylic acids is 1. The van der Waals surface area contributed by atoms with Gasteiger partial charge < -0.3 is 15.2 Å². The monoisotopic (exact) mass is 352 g/mol. The zero-order valence-corrected chi connectivity index (χ0v) is 14.1. The highest BCUT2D eigenvalue weighted by Crippen LogP contribution is 2.28. The van der Waals surface area contributed by atoms with Crippen LogP contribution in [-0.2, 0) is 4.79 Å². The highest BCUT2D eigenvalue weighted by atomic mass is 32.2. The van der Waals surface area contributed by atoms with Crippen LogP contribution in [-0.4, -0.2) is 22.8 Å². The lowest BCUT2D eigenvalue weighted by Crippen LogP contribution is -2.19. The highest BCUT2D eigenvalue weighted by molar-refractivity contribution is 8.18. The summed E-state index contributed by atoms with van der Waals surface area (Å²) in [4.78, 5) is 17.0. The molecule has 0 atom stereocenters. The molecule has 5 nitrogen and oxygen atoms in total. The number of rotatable bonds is 5. The van der Waals surface area contributed by atoms with Crippen molar-refractivity contribution < 1.29 is 14.6 Å². The summed E-state index contributed by atoms with van der Waals surface area (Å²) in [5.41, 5.74) is 1.56. The van der Waals surface area contributed by atoms with Crippen molar-refractivity contribution in [3.8, 4) is 11.5 Å². The fourth-order valence-electron chi connectivity index (χ4n) is 2.09. The second-order valence-electron chi connectivity index (χ2n) is 5.17. The first kappa shape index (κ1) is 16.9. The quantitative estimate of drug-likeness (QED) is 0.633. The Bertz CT molecular complexity index is 840. The zero-order chi connectivity index (χ0) is 17.6. The van der Waals surface area contributed by atoms with Crippen LogP contribution in [0.25, 0.3) is 6.08 Å². The van der Waals surface area contributed by atoms with E-state index in [0.29, 0.717) is 22.4 Å². The number of aliphatic imine (C=N–C) groups is 1. The lowest BCUT2D eigenvalue weighted by atomic mass is 10.2. The topological polar surface area (TPSA) is 70.9 Å². The van der Waals surface area contributed by atoms with Crippen LogP contribution in [0.3, 0.4) is 0 Å². The first-order chi connectivity index (χ1) is 12.1. The van der Waals surface area contributed by atoms with E-state index in [1.807, 2.05) is 24.3 Å². The number of benzene rings is 2. The smallest absolute Gasteiger partial charge is 0.264 e. The Morgan fingerprint density at radius 2 is 1.88 bits per heavy atom. The third-order valence-electron chi connectivity index (χ3n) is 3.28. The van der Waals surface area contributed by atoms with Gasteiger partial charge in [0.2, 0.25) is 0 Å². The number of phenolic OH excluding ortho intramolecular Hbond substituents is 1. The number of aromatic hydroxyl groups is 1. The molecule has 6 heteroatoms. The van der Waals surface area contributed by atoms with E-state index < -0.39 is 0 Å². The number of carbonyl (C=O) groups is 1. The zero-order valence-electron chi connectivity index (χ0n) is 13.3. The van der Waals surface area contributed by atoms with Crippen LogP contribution in [0.2, 0.25) is 0 Å². The predicted octanol–water partition coefficient (Wildman–Crippen LogP) is 3.85.